The quantitative estimate of drug-likeness (QED) is 0.743. The molecular formula is C16H22N2O3. The molecule has 114 valence electrons. The van der Waals surface area contributed by atoms with Crippen LogP contribution in [0, 0.1) is 5.92 Å². The molecule has 3 N–H and O–H groups in total. The molecule has 0 aromatic heterocycles. The Labute approximate surface area is 124 Å². The Kier molecular flexibility index (Phi) is 5.33. The van der Waals surface area contributed by atoms with E-state index in [0.29, 0.717) is 12.1 Å². The summed E-state index contributed by atoms with van der Waals surface area (Å²) in [7, 11) is 0. The third kappa shape index (κ3) is 4.29. The molecule has 1 heterocycles. The van der Waals surface area contributed by atoms with Gasteiger partial charge in [0.2, 0.25) is 0 Å². The monoisotopic (exact) mass is 290 g/mol. The van der Waals surface area contributed by atoms with Crippen LogP contribution < -0.4 is 10.6 Å². The van der Waals surface area contributed by atoms with Gasteiger partial charge in [-0.1, -0.05) is 19.4 Å². The maximum Gasteiger partial charge on any atom is 0.303 e. The third-order valence-electron chi connectivity index (χ3n) is 3.95. The van der Waals surface area contributed by atoms with Crippen molar-refractivity contribution in [1.29, 1.82) is 0 Å². The Morgan fingerprint density at radius 1 is 1.38 bits per heavy atom. The van der Waals surface area contributed by atoms with Crippen molar-refractivity contribution in [1.82, 2.24) is 10.6 Å². The molecule has 1 amide bonds. The highest BCUT2D eigenvalue weighted by Crippen LogP contribution is 2.16. The number of rotatable bonds is 6. The second-order valence-corrected chi connectivity index (χ2v) is 5.49. The minimum absolute atomic E-state index is 0.0225. The van der Waals surface area contributed by atoms with Crippen LogP contribution in [0.4, 0.5) is 0 Å². The Balaban J connectivity index is 1.95. The molecule has 1 atom stereocenters. The number of carbonyl (C=O) groups excluding carboxylic acids is 1. The molecule has 0 saturated heterocycles. The van der Waals surface area contributed by atoms with E-state index in [9.17, 15) is 9.59 Å². The highest BCUT2D eigenvalue weighted by Gasteiger charge is 2.15. The minimum atomic E-state index is -0.823. The van der Waals surface area contributed by atoms with Crippen LogP contribution in [0.1, 0.15) is 41.3 Å². The molecule has 1 unspecified atom stereocenters. The molecular weight excluding hydrogens is 268 g/mol. The lowest BCUT2D eigenvalue weighted by Crippen LogP contribution is -2.30. The first-order chi connectivity index (χ1) is 10.1. The molecule has 21 heavy (non-hydrogen) atoms. The van der Waals surface area contributed by atoms with Crippen LogP contribution in [-0.2, 0) is 17.8 Å². The fourth-order valence-corrected chi connectivity index (χ4v) is 2.57. The number of fused-ring (bicyclic) bond motifs is 1. The number of benzene rings is 1. The van der Waals surface area contributed by atoms with Crippen molar-refractivity contribution < 1.29 is 14.7 Å². The first-order valence-corrected chi connectivity index (χ1v) is 7.42. The SMILES string of the molecule is CCC(CNC(=O)c1ccc2c(c1)CNCC2)CC(=O)O. The molecule has 1 aromatic carbocycles. The van der Waals surface area contributed by atoms with Crippen molar-refractivity contribution in [3.05, 3.63) is 34.9 Å². The first kappa shape index (κ1) is 15.5. The fraction of sp³-hybridized carbons (Fsp3) is 0.500. The molecule has 1 aromatic rings. The highest BCUT2D eigenvalue weighted by atomic mass is 16.4. The van der Waals surface area contributed by atoms with E-state index in [4.69, 9.17) is 5.11 Å². The van der Waals surface area contributed by atoms with Gasteiger partial charge in [0.25, 0.3) is 5.91 Å². The molecule has 1 aliphatic rings. The van der Waals surface area contributed by atoms with Gasteiger partial charge in [0.15, 0.2) is 0 Å². The smallest absolute Gasteiger partial charge is 0.303 e. The van der Waals surface area contributed by atoms with Gasteiger partial charge < -0.3 is 15.7 Å². The van der Waals surface area contributed by atoms with E-state index in [0.717, 1.165) is 25.9 Å². The fourth-order valence-electron chi connectivity index (χ4n) is 2.57. The summed E-state index contributed by atoms with van der Waals surface area (Å²) in [5, 5.41) is 14.9. The summed E-state index contributed by atoms with van der Waals surface area (Å²) in [6, 6.07) is 5.78. The van der Waals surface area contributed by atoms with Crippen molar-refractivity contribution in [2.45, 2.75) is 32.7 Å². The predicted octanol–water partition coefficient (Wildman–Crippen LogP) is 1.56. The number of carbonyl (C=O) groups is 2. The van der Waals surface area contributed by atoms with E-state index in [-0.39, 0.29) is 18.2 Å². The Morgan fingerprint density at radius 2 is 2.19 bits per heavy atom. The normalized spacial score (nSPS) is 15.1. The number of amides is 1. The standard InChI is InChI=1S/C16H22N2O3/c1-2-11(7-15(19)20)9-18-16(21)13-4-3-12-5-6-17-10-14(12)8-13/h3-4,8,11,17H,2,5-7,9-10H2,1H3,(H,18,21)(H,19,20). The number of hydrogen-bond donors (Lipinski definition) is 3. The lowest BCUT2D eigenvalue weighted by Gasteiger charge is -2.18. The zero-order valence-corrected chi connectivity index (χ0v) is 12.3. The van der Waals surface area contributed by atoms with Crippen LogP contribution in [0.2, 0.25) is 0 Å². The average molecular weight is 290 g/mol. The molecule has 0 bridgehead atoms. The number of carboxylic acid groups (broad SMARTS) is 1. The van der Waals surface area contributed by atoms with Crippen molar-refractivity contribution in [3.63, 3.8) is 0 Å². The van der Waals surface area contributed by atoms with E-state index in [1.165, 1.54) is 11.1 Å². The maximum atomic E-state index is 12.2. The molecule has 1 aliphatic heterocycles. The van der Waals surface area contributed by atoms with Crippen molar-refractivity contribution >= 4 is 11.9 Å². The molecule has 5 nitrogen and oxygen atoms in total. The summed E-state index contributed by atoms with van der Waals surface area (Å²) < 4.78 is 0. The highest BCUT2D eigenvalue weighted by molar-refractivity contribution is 5.94. The van der Waals surface area contributed by atoms with E-state index in [2.05, 4.69) is 10.6 Å². The topological polar surface area (TPSA) is 78.4 Å². The Hall–Kier alpha value is -1.88. The van der Waals surface area contributed by atoms with Gasteiger partial charge in [0.1, 0.15) is 0 Å². The summed E-state index contributed by atoms with van der Waals surface area (Å²) in [4.78, 5) is 22.9. The van der Waals surface area contributed by atoms with Crippen molar-refractivity contribution in [2.75, 3.05) is 13.1 Å². The summed E-state index contributed by atoms with van der Waals surface area (Å²) in [5.74, 6) is -0.978. The van der Waals surface area contributed by atoms with Crippen LogP contribution in [-0.4, -0.2) is 30.1 Å². The molecule has 2 rings (SSSR count). The Bertz CT molecular complexity index is 528. The van der Waals surface area contributed by atoms with E-state index in [1.807, 2.05) is 25.1 Å². The average Bonchev–Trinajstić information content (AvgIpc) is 2.50. The molecule has 0 saturated carbocycles. The molecule has 0 aliphatic carbocycles. The van der Waals surface area contributed by atoms with Crippen LogP contribution in [0.25, 0.3) is 0 Å². The molecule has 0 fully saturated rings. The molecule has 0 radical (unpaired) electrons. The van der Waals surface area contributed by atoms with Gasteiger partial charge in [-0.3, -0.25) is 9.59 Å². The van der Waals surface area contributed by atoms with Crippen LogP contribution in [0.3, 0.4) is 0 Å². The number of hydrogen-bond acceptors (Lipinski definition) is 3. The van der Waals surface area contributed by atoms with Crippen LogP contribution >= 0.6 is 0 Å². The first-order valence-electron chi connectivity index (χ1n) is 7.42. The number of carboxylic acids is 1. The zero-order valence-electron chi connectivity index (χ0n) is 12.3. The van der Waals surface area contributed by atoms with Gasteiger partial charge in [-0.25, -0.2) is 0 Å². The lowest BCUT2D eigenvalue weighted by atomic mass is 9.98. The third-order valence-corrected chi connectivity index (χ3v) is 3.95. The van der Waals surface area contributed by atoms with Gasteiger partial charge in [-0.05, 0) is 42.1 Å². The summed E-state index contributed by atoms with van der Waals surface area (Å²) >= 11 is 0. The van der Waals surface area contributed by atoms with Gasteiger partial charge in [0.05, 0.1) is 0 Å². The minimum Gasteiger partial charge on any atom is -0.481 e. The lowest BCUT2D eigenvalue weighted by molar-refractivity contribution is -0.138. The zero-order chi connectivity index (χ0) is 15.2. The van der Waals surface area contributed by atoms with E-state index >= 15 is 0 Å². The van der Waals surface area contributed by atoms with Gasteiger partial charge in [0, 0.05) is 25.1 Å². The van der Waals surface area contributed by atoms with Gasteiger partial charge >= 0.3 is 5.97 Å². The second kappa shape index (κ2) is 7.22. The van der Waals surface area contributed by atoms with Gasteiger partial charge in [-0.2, -0.15) is 0 Å². The molecule has 5 heteroatoms. The Morgan fingerprint density at radius 3 is 2.90 bits per heavy atom. The largest absolute Gasteiger partial charge is 0.481 e. The van der Waals surface area contributed by atoms with Crippen molar-refractivity contribution in [2.24, 2.45) is 5.92 Å². The second-order valence-electron chi connectivity index (χ2n) is 5.49. The summed E-state index contributed by atoms with van der Waals surface area (Å²) in [6.07, 6.45) is 1.82. The van der Waals surface area contributed by atoms with Crippen LogP contribution in [0.15, 0.2) is 18.2 Å². The van der Waals surface area contributed by atoms with Gasteiger partial charge in [-0.15, -0.1) is 0 Å². The van der Waals surface area contributed by atoms with E-state index < -0.39 is 5.97 Å². The van der Waals surface area contributed by atoms with Crippen molar-refractivity contribution in [3.8, 4) is 0 Å². The summed E-state index contributed by atoms with van der Waals surface area (Å²) in [5.41, 5.74) is 3.11. The number of aliphatic carboxylic acids is 1. The van der Waals surface area contributed by atoms with Crippen LogP contribution in [0.5, 0.6) is 0 Å². The summed E-state index contributed by atoms with van der Waals surface area (Å²) in [6.45, 7) is 4.11. The predicted molar refractivity (Wildman–Crippen MR) is 80.2 cm³/mol. The number of nitrogens with one attached hydrogen (secondary N) is 2. The molecule has 0 spiro atoms. The van der Waals surface area contributed by atoms with E-state index in [1.54, 1.807) is 0 Å². The maximum absolute atomic E-state index is 12.2.